The van der Waals surface area contributed by atoms with E-state index < -0.39 is 107 Å². The van der Waals surface area contributed by atoms with Crippen molar-refractivity contribution in [2.24, 2.45) is 5.92 Å². The number of imidazole rings is 6. The molecular formula is C99H94N24O18S. The molecule has 1 unspecified atom stereocenters. The molecule has 0 radical (unpaired) electrons. The first-order chi connectivity index (χ1) is 68.4. The number of carbonyl (C=O) groups is 18. The molecule has 18 amide bonds. The minimum atomic E-state index is -0.539. The molecule has 42 nitrogen and oxygen atoms in total. The number of aryl methyl sites for hydroxylation is 1. The standard InChI is InChI=1S/C20H16N4O3.C17H18N4O3.2C16H16N4O3.C15H14N4O3S.C15H14N4O3/c1-14-6-8-15(9-7-14)12-23(20(27)22-11-10-21-13-22)24-18(25)16-4-2-3-5-17(16)19(24)26;1-2-3-6-10-20(17(24)19-11-9-18-12-19)21-15(22)13-7-4-5-8-14(13)16(21)23;1-11(2)9-19(16(23)18-8-7-17-10-18)20-14(21)12-5-3-4-6-13(12)15(20)22;1-3-11(2)19(16(23)18-9-8-17-10-18)20-14(21)12-6-4-5-7-13(12)15(20)22;1-23-9-8-18(15(22)17-7-6-16-10-17)19-13(20)11-4-2-3-5-12(11)14(19)21;1-10(2)18(15(22)17-8-7-16-9-17)19-13(20)11-5-3-4-6-12(11)14(19)21/h2-11,13H,12H2,1H3;4-5,7-9,11-12H,2-3,6,10H2,1H3;3-8,10-11H,9H2,1-2H3;4-11H,3H2,1-2H3;2-7,10H,8-9H2,1H3;3-10H,1-2H3. The van der Waals surface area contributed by atoms with Crippen molar-refractivity contribution in [1.82, 2.24) is 117 Å². The topological polar surface area (TPSA) is 453 Å². The van der Waals surface area contributed by atoms with Crippen molar-refractivity contribution in [3.63, 3.8) is 0 Å². The minimum Gasteiger partial charge on any atom is -0.267 e. The molecule has 142 heavy (non-hydrogen) atoms. The first-order valence-electron chi connectivity index (χ1n) is 44.7. The van der Waals surface area contributed by atoms with Gasteiger partial charge in [0, 0.05) is 93.2 Å². The van der Waals surface area contributed by atoms with Crippen LogP contribution in [0.25, 0.3) is 0 Å². The largest absolute Gasteiger partial charge is 0.349 e. The van der Waals surface area contributed by atoms with Gasteiger partial charge in [-0.2, -0.15) is 41.8 Å². The highest BCUT2D eigenvalue weighted by Crippen LogP contribution is 2.34. The van der Waals surface area contributed by atoms with E-state index in [2.05, 4.69) is 29.9 Å². The van der Waals surface area contributed by atoms with Crippen molar-refractivity contribution in [1.29, 1.82) is 0 Å². The van der Waals surface area contributed by atoms with E-state index in [4.69, 9.17) is 0 Å². The molecule has 6 aliphatic rings. The Morgan fingerprint density at radius 1 is 0.303 bits per heavy atom. The van der Waals surface area contributed by atoms with E-state index in [1.165, 1.54) is 172 Å². The van der Waals surface area contributed by atoms with Crippen LogP contribution in [0.3, 0.4) is 0 Å². The van der Waals surface area contributed by atoms with Crippen LogP contribution in [0.4, 0.5) is 28.8 Å². The zero-order chi connectivity index (χ0) is 101. The monoisotopic (exact) mass is 1940 g/mol. The first-order valence-corrected chi connectivity index (χ1v) is 46.1. The van der Waals surface area contributed by atoms with Crippen LogP contribution in [0.1, 0.15) is 210 Å². The van der Waals surface area contributed by atoms with Crippen LogP contribution in [0.15, 0.2) is 282 Å². The number of aromatic nitrogens is 12. The molecular weight excluding hydrogens is 1850 g/mol. The summed E-state index contributed by atoms with van der Waals surface area (Å²) in [7, 11) is 0. The van der Waals surface area contributed by atoms with Gasteiger partial charge in [0.25, 0.3) is 70.9 Å². The maximum Gasteiger partial charge on any atom is 0.349 e. The van der Waals surface area contributed by atoms with Crippen molar-refractivity contribution in [2.45, 2.75) is 99.7 Å². The summed E-state index contributed by atoms with van der Waals surface area (Å²) in [6, 6.07) is 43.2. The molecule has 0 spiro atoms. The van der Waals surface area contributed by atoms with E-state index in [0.29, 0.717) is 74.2 Å². The highest BCUT2D eigenvalue weighted by atomic mass is 32.2. The maximum atomic E-state index is 13.0. The number of nitrogens with zero attached hydrogens (tertiary/aromatic N) is 24. The molecule has 0 aliphatic carbocycles. The van der Waals surface area contributed by atoms with Gasteiger partial charge in [-0.1, -0.05) is 143 Å². The highest BCUT2D eigenvalue weighted by molar-refractivity contribution is 7.98. The molecule has 19 rings (SSSR count). The van der Waals surface area contributed by atoms with Crippen LogP contribution < -0.4 is 0 Å². The van der Waals surface area contributed by atoms with Gasteiger partial charge in [-0.3, -0.25) is 84.9 Å². The number of rotatable bonds is 20. The van der Waals surface area contributed by atoms with Crippen molar-refractivity contribution in [2.75, 3.05) is 31.6 Å². The Morgan fingerprint density at radius 2 is 0.549 bits per heavy atom. The second kappa shape index (κ2) is 44.3. The molecule has 0 saturated carbocycles. The zero-order valence-corrected chi connectivity index (χ0v) is 79.0. The molecule has 724 valence electrons. The Labute approximate surface area is 815 Å². The molecule has 6 aliphatic heterocycles. The smallest absolute Gasteiger partial charge is 0.267 e. The lowest BCUT2D eigenvalue weighted by Gasteiger charge is -2.34. The Bertz CT molecular complexity index is 6760. The number of imide groups is 6. The highest BCUT2D eigenvalue weighted by Gasteiger charge is 2.49. The summed E-state index contributed by atoms with van der Waals surface area (Å²) in [5.74, 6) is -5.22. The normalized spacial score (nSPS) is 13.6. The maximum absolute atomic E-state index is 13.0. The van der Waals surface area contributed by atoms with E-state index in [1.54, 1.807) is 166 Å². The number of benzene rings is 7. The Balaban J connectivity index is 0.000000136. The van der Waals surface area contributed by atoms with Crippen molar-refractivity contribution in [3.05, 3.63) is 360 Å². The average Bonchev–Trinajstić information content (AvgIpc) is 1.56. The van der Waals surface area contributed by atoms with Crippen LogP contribution in [0.5, 0.6) is 0 Å². The summed E-state index contributed by atoms with van der Waals surface area (Å²) in [6.07, 6.45) is 30.8. The number of carbonyl (C=O) groups excluding carboxylic acids is 18. The van der Waals surface area contributed by atoms with Gasteiger partial charge in [0.15, 0.2) is 0 Å². The molecule has 6 aromatic heterocycles. The van der Waals surface area contributed by atoms with Crippen LogP contribution >= 0.6 is 11.8 Å². The van der Waals surface area contributed by atoms with Crippen molar-refractivity contribution in [3.8, 4) is 0 Å². The lowest BCUT2D eigenvalue weighted by molar-refractivity contribution is 0.00430. The third-order valence-corrected chi connectivity index (χ3v) is 23.2. The molecule has 43 heteroatoms. The third kappa shape index (κ3) is 20.5. The number of fused-ring (bicyclic) bond motifs is 6. The molecule has 0 fully saturated rings. The lowest BCUT2D eigenvalue weighted by atomic mass is 10.1. The number of amides is 18. The fourth-order valence-corrected chi connectivity index (χ4v) is 15.8. The molecule has 13 aromatic rings. The van der Waals surface area contributed by atoms with Crippen molar-refractivity contribution >= 4 is 119 Å². The number of hydrazine groups is 6. The van der Waals surface area contributed by atoms with Gasteiger partial charge < -0.3 is 0 Å². The summed E-state index contributed by atoms with van der Waals surface area (Å²) in [5.41, 5.74) is 5.55. The number of unbranched alkanes of at least 4 members (excludes halogenated alkanes) is 2. The lowest BCUT2D eigenvalue weighted by Crippen LogP contribution is -2.54. The zero-order valence-electron chi connectivity index (χ0n) is 78.1. The number of hydrogen-bond acceptors (Lipinski definition) is 25. The quantitative estimate of drug-likeness (QED) is 0.0505. The average molecular weight is 1940 g/mol. The van der Waals surface area contributed by atoms with Crippen LogP contribution in [-0.2, 0) is 6.54 Å². The van der Waals surface area contributed by atoms with E-state index in [0.717, 1.165) is 64.0 Å². The minimum absolute atomic E-state index is 0.0722. The van der Waals surface area contributed by atoms with Crippen molar-refractivity contribution < 1.29 is 86.3 Å². The first kappa shape index (κ1) is 99.8. The predicted molar refractivity (Wildman–Crippen MR) is 508 cm³/mol. The summed E-state index contributed by atoms with van der Waals surface area (Å²) in [4.78, 5) is 251. The molecule has 0 bridgehead atoms. The van der Waals surface area contributed by atoms with Gasteiger partial charge in [-0.05, 0) is 131 Å². The fraction of sp³-hybridized carbons (Fsp3) is 0.212. The molecule has 0 N–H and O–H groups in total. The van der Waals surface area contributed by atoms with E-state index in [9.17, 15) is 86.3 Å². The molecule has 7 aromatic carbocycles. The van der Waals surface area contributed by atoms with Crippen LogP contribution in [0.2, 0.25) is 0 Å². The number of hydrogen-bond donors (Lipinski definition) is 0. The van der Waals surface area contributed by atoms with Gasteiger partial charge in [0.1, 0.15) is 38.0 Å². The third-order valence-electron chi connectivity index (χ3n) is 22.6. The van der Waals surface area contributed by atoms with E-state index >= 15 is 0 Å². The second-order valence-corrected chi connectivity index (χ2v) is 33.8. The van der Waals surface area contributed by atoms with Gasteiger partial charge in [0.2, 0.25) is 0 Å². The van der Waals surface area contributed by atoms with E-state index in [-0.39, 0.29) is 55.3 Å². The summed E-state index contributed by atoms with van der Waals surface area (Å²) < 4.78 is 7.45. The van der Waals surface area contributed by atoms with Gasteiger partial charge in [-0.15, -0.1) is 0 Å². The Kier molecular flexibility index (Phi) is 31.1. The molecule has 12 heterocycles. The fourth-order valence-electron chi connectivity index (χ4n) is 15.4. The van der Waals surface area contributed by atoms with Gasteiger partial charge in [-0.25, -0.2) is 88.7 Å². The number of thioether (sulfide) groups is 1. The SMILES string of the molecule is CC(C)CN(C(=O)n1ccnc1)N1C(=O)c2ccccc2C1=O.CC(C)N(C(=O)n1ccnc1)N1C(=O)c2ccccc2C1=O.CCC(C)N(C(=O)n1ccnc1)N1C(=O)c2ccccc2C1=O.CCCCCN(C(=O)n1ccnc1)N1C(=O)c2ccccc2C1=O.CSCCN(C(=O)n1ccnc1)N1C(=O)c2ccccc2C1=O.Cc1ccc(CN(C(=O)n2ccnc2)N2C(=O)c3ccccc3C2=O)cc1. The molecule has 1 atom stereocenters. The Hall–Kier alpha value is -18.2. The van der Waals surface area contributed by atoms with Crippen LogP contribution in [0, 0.1) is 12.8 Å². The van der Waals surface area contributed by atoms with Crippen LogP contribution in [-0.4, -0.2) is 268 Å². The summed E-state index contributed by atoms with van der Waals surface area (Å²) in [6.45, 7) is 15.8. The van der Waals surface area contributed by atoms with Gasteiger partial charge in [0.05, 0.1) is 91.9 Å². The predicted octanol–water partition coefficient (Wildman–Crippen LogP) is 13.1. The Morgan fingerprint density at radius 3 is 0.810 bits per heavy atom. The van der Waals surface area contributed by atoms with E-state index in [1.807, 2.05) is 65.1 Å². The summed E-state index contributed by atoms with van der Waals surface area (Å²) in [5, 5.41) is 12.6. The summed E-state index contributed by atoms with van der Waals surface area (Å²) >= 11 is 1.52. The van der Waals surface area contributed by atoms with Gasteiger partial charge >= 0.3 is 36.2 Å². The molecule has 0 saturated heterocycles. The second-order valence-electron chi connectivity index (χ2n) is 32.8.